The number of hydrogen-bond donors (Lipinski definition) is 3. The Morgan fingerprint density at radius 3 is 2.31 bits per heavy atom. The van der Waals surface area contributed by atoms with Crippen LogP contribution in [0.25, 0.3) is 0 Å². The molecule has 1 heterocycles. The molecule has 3 N–H and O–H groups in total. The number of hydrogen-bond acceptors (Lipinski definition) is 8. The molecule has 1 aliphatic rings. The Kier molecular flexibility index (Phi) is 8.86. The van der Waals surface area contributed by atoms with E-state index < -0.39 is 55.0 Å². The zero-order valence-electron chi connectivity index (χ0n) is 18.0. The highest BCUT2D eigenvalue weighted by atomic mass is 35.5. The normalized spacial score (nSPS) is 24.8. The average molecular weight is 541 g/mol. The van der Waals surface area contributed by atoms with Crippen molar-refractivity contribution >= 4 is 29.2 Å². The number of ether oxygens (including phenoxy) is 4. The van der Waals surface area contributed by atoms with Gasteiger partial charge in [-0.15, -0.1) is 0 Å². The Balaban J connectivity index is 1.64. The maximum atomic E-state index is 12.9. The molecule has 13 heteroatoms. The molecule has 8 nitrogen and oxygen atoms in total. The fourth-order valence-electron chi connectivity index (χ4n) is 3.30. The number of carbonyl (C=O) groups is 1. The Labute approximate surface area is 207 Å². The molecular formula is C22H21Cl2F3O8. The van der Waals surface area contributed by atoms with E-state index in [-0.39, 0.29) is 33.5 Å². The molecule has 0 amide bonds. The van der Waals surface area contributed by atoms with Gasteiger partial charge in [-0.3, -0.25) is 0 Å². The molecule has 0 aromatic heterocycles. The molecule has 0 bridgehead atoms. The second kappa shape index (κ2) is 11.3. The van der Waals surface area contributed by atoms with E-state index in [1.165, 1.54) is 31.4 Å². The minimum Gasteiger partial charge on any atom is -0.486 e. The van der Waals surface area contributed by atoms with Gasteiger partial charge in [0, 0.05) is 7.11 Å². The van der Waals surface area contributed by atoms with Gasteiger partial charge >= 0.3 is 12.1 Å². The Morgan fingerprint density at radius 1 is 1.06 bits per heavy atom. The number of esters is 1. The first-order valence-electron chi connectivity index (χ1n) is 10.1. The van der Waals surface area contributed by atoms with E-state index in [1.807, 2.05) is 0 Å². The van der Waals surface area contributed by atoms with Crippen LogP contribution in [-0.4, -0.2) is 65.7 Å². The van der Waals surface area contributed by atoms with Gasteiger partial charge in [0.1, 0.15) is 37.6 Å². The zero-order chi connectivity index (χ0) is 25.9. The summed E-state index contributed by atoms with van der Waals surface area (Å²) in [5.74, 6) is -0.947. The fraction of sp³-hybridized carbons (Fsp3) is 0.409. The molecule has 1 saturated heterocycles. The summed E-state index contributed by atoms with van der Waals surface area (Å²) in [6, 6.07) is 6.91. The lowest BCUT2D eigenvalue weighted by Gasteiger charge is -2.39. The summed E-state index contributed by atoms with van der Waals surface area (Å²) in [4.78, 5) is 12.5. The summed E-state index contributed by atoms with van der Waals surface area (Å²) in [6.45, 7) is -0.758. The van der Waals surface area contributed by atoms with E-state index in [4.69, 9.17) is 42.1 Å². The molecule has 1 fully saturated rings. The third-order valence-corrected chi connectivity index (χ3v) is 5.71. The van der Waals surface area contributed by atoms with Crippen LogP contribution in [0.4, 0.5) is 13.2 Å². The van der Waals surface area contributed by atoms with Gasteiger partial charge in [0.15, 0.2) is 12.0 Å². The lowest BCUT2D eigenvalue weighted by atomic mass is 9.99. The first-order chi connectivity index (χ1) is 16.4. The quantitative estimate of drug-likeness (QED) is 0.458. The van der Waals surface area contributed by atoms with Gasteiger partial charge < -0.3 is 34.3 Å². The van der Waals surface area contributed by atoms with E-state index in [0.717, 1.165) is 12.1 Å². The average Bonchev–Trinajstić information content (AvgIpc) is 2.81. The van der Waals surface area contributed by atoms with Gasteiger partial charge in [-0.1, -0.05) is 35.3 Å². The maximum absolute atomic E-state index is 12.9. The number of benzene rings is 2. The largest absolute Gasteiger partial charge is 0.486 e. The number of methoxy groups -OCH3 is 1. The van der Waals surface area contributed by atoms with Crippen molar-refractivity contribution in [2.45, 2.75) is 43.5 Å². The highest BCUT2D eigenvalue weighted by Crippen LogP contribution is 2.36. The summed E-state index contributed by atoms with van der Waals surface area (Å²) in [7, 11) is 1.22. The summed E-state index contributed by atoms with van der Waals surface area (Å²) in [6.07, 6.45) is -11.6. The smallest absolute Gasteiger partial charge is 0.416 e. The van der Waals surface area contributed by atoms with E-state index >= 15 is 0 Å². The summed E-state index contributed by atoms with van der Waals surface area (Å²) < 4.78 is 59.4. The fourth-order valence-corrected chi connectivity index (χ4v) is 3.89. The van der Waals surface area contributed by atoms with Gasteiger partial charge in [-0.25, -0.2) is 4.79 Å². The predicted octanol–water partition coefficient (Wildman–Crippen LogP) is 3.20. The van der Waals surface area contributed by atoms with Crippen LogP contribution in [0.15, 0.2) is 36.4 Å². The molecule has 192 valence electrons. The molecule has 0 radical (unpaired) electrons. The van der Waals surface area contributed by atoms with E-state index in [2.05, 4.69) is 0 Å². The van der Waals surface area contributed by atoms with Gasteiger partial charge in [0.05, 0.1) is 21.2 Å². The van der Waals surface area contributed by atoms with Crippen LogP contribution >= 0.6 is 23.2 Å². The van der Waals surface area contributed by atoms with E-state index in [1.54, 1.807) is 0 Å². The molecule has 0 saturated carbocycles. The van der Waals surface area contributed by atoms with Crippen molar-refractivity contribution in [3.05, 3.63) is 63.1 Å². The maximum Gasteiger partial charge on any atom is 0.416 e. The number of carbonyl (C=O) groups excluding carboxylic acids is 1. The van der Waals surface area contributed by atoms with Crippen molar-refractivity contribution in [1.29, 1.82) is 0 Å². The van der Waals surface area contributed by atoms with Crippen molar-refractivity contribution in [3.8, 4) is 5.75 Å². The van der Waals surface area contributed by atoms with Gasteiger partial charge in [0.25, 0.3) is 0 Å². The van der Waals surface area contributed by atoms with Crippen molar-refractivity contribution in [2.24, 2.45) is 0 Å². The Hall–Kier alpha value is -2.12. The van der Waals surface area contributed by atoms with Crippen molar-refractivity contribution < 1.29 is 52.2 Å². The van der Waals surface area contributed by atoms with Crippen LogP contribution in [0.2, 0.25) is 10.0 Å². The number of alkyl halides is 3. The molecular weight excluding hydrogens is 520 g/mol. The highest BCUT2D eigenvalue weighted by Gasteiger charge is 2.44. The summed E-state index contributed by atoms with van der Waals surface area (Å²) >= 11 is 12.3. The standard InChI is InChI=1S/C22H21Cl2F3O8/c1-32-21-18(30)17(29)16(28)15(35-21)9-34-20(31)11-6-13(23)19(14(24)7-11)33-8-10-3-2-4-12(5-10)22(25,26)27/h2-7,15-18,21,28-30H,8-9H2,1H3/t15-,16-,17+,18-,21-/m1/s1. The summed E-state index contributed by atoms with van der Waals surface area (Å²) in [5.41, 5.74) is -0.691. The van der Waals surface area contributed by atoms with Crippen LogP contribution in [0, 0.1) is 0 Å². The van der Waals surface area contributed by atoms with Gasteiger partial charge in [-0.05, 0) is 29.8 Å². The van der Waals surface area contributed by atoms with Crippen molar-refractivity contribution in [3.63, 3.8) is 0 Å². The van der Waals surface area contributed by atoms with Crippen LogP contribution in [-0.2, 0) is 27.0 Å². The number of halogens is 5. The molecule has 1 aliphatic heterocycles. The highest BCUT2D eigenvalue weighted by molar-refractivity contribution is 6.37. The monoisotopic (exact) mass is 540 g/mol. The molecule has 0 spiro atoms. The molecule has 3 rings (SSSR count). The first-order valence-corrected chi connectivity index (χ1v) is 10.9. The Morgan fingerprint density at radius 2 is 1.71 bits per heavy atom. The number of rotatable bonds is 7. The Bertz CT molecular complexity index is 1030. The van der Waals surface area contributed by atoms with E-state index in [0.29, 0.717) is 0 Å². The van der Waals surface area contributed by atoms with Gasteiger partial charge in [-0.2, -0.15) is 13.2 Å². The molecule has 35 heavy (non-hydrogen) atoms. The third-order valence-electron chi connectivity index (χ3n) is 5.15. The SMILES string of the molecule is CO[C@@H]1O[C@H](COC(=O)c2cc(Cl)c(OCc3cccc(C(F)(F)F)c3)c(Cl)c2)[C@@H](O)[C@H](O)[C@H]1O. The predicted molar refractivity (Wildman–Crippen MR) is 116 cm³/mol. The van der Waals surface area contributed by atoms with Crippen LogP contribution in [0.5, 0.6) is 5.75 Å². The van der Waals surface area contributed by atoms with Crippen LogP contribution < -0.4 is 4.74 Å². The van der Waals surface area contributed by atoms with Gasteiger partial charge in [0.2, 0.25) is 0 Å². The van der Waals surface area contributed by atoms with Crippen molar-refractivity contribution in [1.82, 2.24) is 0 Å². The lowest BCUT2D eigenvalue weighted by molar-refractivity contribution is -0.294. The molecule has 2 aromatic rings. The van der Waals surface area contributed by atoms with Crippen molar-refractivity contribution in [2.75, 3.05) is 13.7 Å². The molecule has 2 aromatic carbocycles. The topological polar surface area (TPSA) is 115 Å². The number of aliphatic hydroxyl groups is 3. The second-order valence-corrected chi connectivity index (χ2v) is 8.42. The second-order valence-electron chi connectivity index (χ2n) is 7.60. The molecule has 5 atom stereocenters. The zero-order valence-corrected chi connectivity index (χ0v) is 19.5. The molecule has 0 unspecified atom stereocenters. The summed E-state index contributed by atoms with van der Waals surface area (Å²) in [5, 5.41) is 29.5. The van der Waals surface area contributed by atoms with E-state index in [9.17, 15) is 33.3 Å². The lowest BCUT2D eigenvalue weighted by Crippen LogP contribution is -2.59. The molecule has 0 aliphatic carbocycles. The van der Waals surface area contributed by atoms with Crippen LogP contribution in [0.1, 0.15) is 21.5 Å². The van der Waals surface area contributed by atoms with Crippen LogP contribution in [0.3, 0.4) is 0 Å². The minimum absolute atomic E-state index is 0.0478. The minimum atomic E-state index is -4.51. The number of aliphatic hydroxyl groups excluding tert-OH is 3. The third kappa shape index (κ3) is 6.56. The first kappa shape index (κ1) is 27.5.